The van der Waals surface area contributed by atoms with Gasteiger partial charge in [-0.05, 0) is 54.2 Å². The largest absolute Gasteiger partial charge is 0.457 e. The van der Waals surface area contributed by atoms with Crippen LogP contribution in [0.4, 0.5) is 8.78 Å². The third kappa shape index (κ3) is 5.83. The number of sulfonamides is 1. The van der Waals surface area contributed by atoms with E-state index in [0.717, 1.165) is 23.8 Å². The first-order chi connectivity index (χ1) is 15.4. The molecule has 3 rings (SSSR count). The number of carbonyl (C=O) groups is 2. The minimum atomic E-state index is -3.69. The van der Waals surface area contributed by atoms with Crippen molar-refractivity contribution < 1.29 is 31.5 Å². The monoisotopic (exact) mass is 479 g/mol. The van der Waals surface area contributed by atoms with E-state index in [1.54, 1.807) is 24.3 Å². The molecular formula is C24H27F2NO5S. The minimum Gasteiger partial charge on any atom is -0.457 e. The van der Waals surface area contributed by atoms with Gasteiger partial charge in [-0.25, -0.2) is 17.2 Å². The van der Waals surface area contributed by atoms with Crippen LogP contribution in [0.25, 0.3) is 0 Å². The number of piperidine rings is 1. The van der Waals surface area contributed by atoms with Crippen LogP contribution in [-0.2, 0) is 25.0 Å². The highest BCUT2D eigenvalue weighted by Crippen LogP contribution is 2.27. The Labute approximate surface area is 192 Å². The number of hydrogen-bond donors (Lipinski definition) is 0. The van der Waals surface area contributed by atoms with Crippen LogP contribution in [0.1, 0.15) is 49.5 Å². The highest BCUT2D eigenvalue weighted by Gasteiger charge is 2.33. The van der Waals surface area contributed by atoms with Gasteiger partial charge in [0.1, 0.15) is 11.6 Å². The van der Waals surface area contributed by atoms with Crippen LogP contribution in [0.5, 0.6) is 0 Å². The Bertz CT molecular complexity index is 1130. The zero-order chi connectivity index (χ0) is 24.4. The molecule has 1 aliphatic rings. The van der Waals surface area contributed by atoms with Crippen molar-refractivity contribution in [1.29, 1.82) is 0 Å². The van der Waals surface area contributed by atoms with E-state index in [2.05, 4.69) is 0 Å². The van der Waals surface area contributed by atoms with Gasteiger partial charge in [-0.15, -0.1) is 0 Å². The molecule has 0 amide bonds. The molecule has 0 aliphatic carbocycles. The molecule has 0 radical (unpaired) electrons. The predicted molar refractivity (Wildman–Crippen MR) is 118 cm³/mol. The molecule has 0 spiro atoms. The molecular weight excluding hydrogens is 452 g/mol. The maximum Gasteiger partial charge on any atom is 0.309 e. The van der Waals surface area contributed by atoms with Crippen LogP contribution in [0, 0.1) is 17.6 Å². The van der Waals surface area contributed by atoms with Crippen LogP contribution in [0.15, 0.2) is 47.4 Å². The van der Waals surface area contributed by atoms with Gasteiger partial charge in [-0.2, -0.15) is 4.31 Å². The summed E-state index contributed by atoms with van der Waals surface area (Å²) < 4.78 is 59.2. The quantitative estimate of drug-likeness (QED) is 0.461. The predicted octanol–water partition coefficient (Wildman–Crippen LogP) is 4.09. The summed E-state index contributed by atoms with van der Waals surface area (Å²) in [7, 11) is -3.69. The highest BCUT2D eigenvalue weighted by atomic mass is 32.2. The van der Waals surface area contributed by atoms with E-state index in [4.69, 9.17) is 4.74 Å². The molecule has 2 aromatic carbocycles. The molecule has 6 nitrogen and oxygen atoms in total. The number of nitrogens with zero attached hydrogens (tertiary/aromatic N) is 1. The Morgan fingerprint density at radius 1 is 1.03 bits per heavy atom. The molecule has 0 aromatic heterocycles. The van der Waals surface area contributed by atoms with Crippen molar-refractivity contribution in [1.82, 2.24) is 4.31 Å². The Morgan fingerprint density at radius 2 is 1.64 bits per heavy atom. The average Bonchev–Trinajstić information content (AvgIpc) is 2.78. The van der Waals surface area contributed by atoms with Crippen LogP contribution in [0.3, 0.4) is 0 Å². The number of hydrogen-bond acceptors (Lipinski definition) is 5. The molecule has 1 aliphatic heterocycles. The third-order valence-corrected chi connectivity index (χ3v) is 7.63. The fraction of sp³-hybridized carbons (Fsp3) is 0.417. The third-order valence-electron chi connectivity index (χ3n) is 5.72. The van der Waals surface area contributed by atoms with Gasteiger partial charge < -0.3 is 4.74 Å². The molecule has 33 heavy (non-hydrogen) atoms. The van der Waals surface area contributed by atoms with E-state index in [1.807, 2.05) is 20.8 Å². The first-order valence-electron chi connectivity index (χ1n) is 10.6. The second-order valence-electron chi connectivity index (χ2n) is 9.11. The zero-order valence-electron chi connectivity index (χ0n) is 18.8. The Balaban J connectivity index is 1.56. The zero-order valence-corrected chi connectivity index (χ0v) is 19.6. The van der Waals surface area contributed by atoms with Crippen LogP contribution in [-0.4, -0.2) is 44.2 Å². The van der Waals surface area contributed by atoms with Crippen LogP contribution < -0.4 is 0 Å². The number of ketones is 1. The molecule has 9 heteroatoms. The molecule has 2 aromatic rings. The summed E-state index contributed by atoms with van der Waals surface area (Å²) in [5.74, 6) is -3.75. The normalized spacial score (nSPS) is 15.9. The van der Waals surface area contributed by atoms with Gasteiger partial charge in [-0.3, -0.25) is 9.59 Å². The lowest BCUT2D eigenvalue weighted by Crippen LogP contribution is -2.40. The smallest absolute Gasteiger partial charge is 0.309 e. The molecule has 178 valence electrons. The summed E-state index contributed by atoms with van der Waals surface area (Å²) in [6.07, 6.45) is 0.474. The molecule has 0 saturated carbocycles. The Morgan fingerprint density at radius 3 is 2.21 bits per heavy atom. The molecule has 1 saturated heterocycles. The molecule has 0 bridgehead atoms. The molecule has 1 heterocycles. The van der Waals surface area contributed by atoms with Crippen molar-refractivity contribution in [3.63, 3.8) is 0 Å². The average molecular weight is 480 g/mol. The Kier molecular flexibility index (Phi) is 7.33. The van der Waals surface area contributed by atoms with Gasteiger partial charge >= 0.3 is 5.97 Å². The van der Waals surface area contributed by atoms with Gasteiger partial charge in [-0.1, -0.05) is 32.9 Å². The fourth-order valence-corrected chi connectivity index (χ4v) is 5.12. The lowest BCUT2D eigenvalue weighted by atomic mass is 9.87. The van der Waals surface area contributed by atoms with Crippen molar-refractivity contribution in [2.75, 3.05) is 19.7 Å². The topological polar surface area (TPSA) is 80.8 Å². The lowest BCUT2D eigenvalue weighted by Gasteiger charge is -2.30. The molecule has 0 N–H and O–H groups in total. The van der Waals surface area contributed by atoms with Crippen LogP contribution in [0.2, 0.25) is 0 Å². The van der Waals surface area contributed by atoms with E-state index in [1.165, 1.54) is 4.31 Å². The van der Waals surface area contributed by atoms with Crippen molar-refractivity contribution in [2.45, 2.75) is 43.9 Å². The van der Waals surface area contributed by atoms with Gasteiger partial charge in [0, 0.05) is 13.1 Å². The van der Waals surface area contributed by atoms with Crippen molar-refractivity contribution in [2.24, 2.45) is 5.92 Å². The second kappa shape index (κ2) is 9.69. The van der Waals surface area contributed by atoms with E-state index in [-0.39, 0.29) is 36.2 Å². The van der Waals surface area contributed by atoms with Gasteiger partial charge in [0.25, 0.3) is 0 Å². The van der Waals surface area contributed by atoms with Gasteiger partial charge in [0.05, 0.1) is 16.4 Å². The highest BCUT2D eigenvalue weighted by molar-refractivity contribution is 7.89. The molecule has 1 fully saturated rings. The Hall–Kier alpha value is -2.65. The summed E-state index contributed by atoms with van der Waals surface area (Å²) in [5, 5.41) is 0. The van der Waals surface area contributed by atoms with E-state index in [9.17, 15) is 26.8 Å². The fourth-order valence-electron chi connectivity index (χ4n) is 3.65. The molecule has 0 atom stereocenters. The number of ether oxygens (including phenoxy) is 1. The van der Waals surface area contributed by atoms with Crippen molar-refractivity contribution in [3.8, 4) is 0 Å². The first kappa shape index (κ1) is 25.0. The standard InChI is InChI=1S/C24H27F2NO5S/c1-24(2,3)17-4-7-19(8-5-17)33(30,31)27-12-10-16(11-13-27)23(29)32-15-22(28)20-14-18(25)6-9-21(20)26/h4-9,14,16H,10-13,15H2,1-3H3. The van der Waals surface area contributed by atoms with Crippen molar-refractivity contribution in [3.05, 3.63) is 65.2 Å². The summed E-state index contributed by atoms with van der Waals surface area (Å²) in [6, 6.07) is 9.25. The maximum absolute atomic E-state index is 13.7. The van der Waals surface area contributed by atoms with Gasteiger partial charge in [0.15, 0.2) is 6.61 Å². The summed E-state index contributed by atoms with van der Waals surface area (Å²) in [5.41, 5.74) is 0.444. The number of Topliss-reactive ketones (excluding diaryl/α,β-unsaturated/α-hetero) is 1. The SMILES string of the molecule is CC(C)(C)c1ccc(S(=O)(=O)N2CCC(C(=O)OCC(=O)c3cc(F)ccc3F)CC2)cc1. The maximum atomic E-state index is 13.7. The number of carbonyl (C=O) groups excluding carboxylic acids is 2. The molecule has 0 unspecified atom stereocenters. The lowest BCUT2D eigenvalue weighted by molar-refractivity contribution is -0.148. The van der Waals surface area contributed by atoms with E-state index < -0.39 is 51.5 Å². The van der Waals surface area contributed by atoms with Crippen LogP contribution >= 0.6 is 0 Å². The van der Waals surface area contributed by atoms with E-state index >= 15 is 0 Å². The van der Waals surface area contributed by atoms with E-state index in [0.29, 0.717) is 0 Å². The number of rotatable bonds is 6. The summed E-state index contributed by atoms with van der Waals surface area (Å²) in [6.45, 7) is 5.69. The number of benzene rings is 2. The first-order valence-corrected chi connectivity index (χ1v) is 12.1. The number of halogens is 2. The minimum absolute atomic E-state index is 0.0944. The second-order valence-corrected chi connectivity index (χ2v) is 11.0. The summed E-state index contributed by atoms with van der Waals surface area (Å²) >= 11 is 0. The van der Waals surface area contributed by atoms with Gasteiger partial charge in [0.2, 0.25) is 15.8 Å². The number of esters is 1. The summed E-state index contributed by atoms with van der Waals surface area (Å²) in [4.78, 5) is 24.6. The van der Waals surface area contributed by atoms with Crippen molar-refractivity contribution >= 4 is 21.8 Å².